The second kappa shape index (κ2) is 9.86. The third-order valence-corrected chi connectivity index (χ3v) is 5.75. The molecule has 0 aliphatic carbocycles. The Kier molecular flexibility index (Phi) is 6.76. The average Bonchev–Trinajstić information content (AvgIpc) is 3.28. The van der Waals surface area contributed by atoms with Crippen LogP contribution in [0.25, 0.3) is 0 Å². The van der Waals surface area contributed by atoms with Gasteiger partial charge in [0.15, 0.2) is 5.69 Å². The lowest BCUT2D eigenvalue weighted by atomic mass is 10.00. The number of nitrogens with one attached hydrogen (secondary N) is 1. The first-order valence-corrected chi connectivity index (χ1v) is 10.7. The van der Waals surface area contributed by atoms with E-state index in [1.807, 2.05) is 0 Å². The van der Waals surface area contributed by atoms with Gasteiger partial charge in [0.05, 0.1) is 25.1 Å². The molecule has 2 aliphatic rings. The third-order valence-electron chi connectivity index (χ3n) is 5.75. The van der Waals surface area contributed by atoms with Crippen LogP contribution in [0.2, 0.25) is 0 Å². The van der Waals surface area contributed by atoms with Gasteiger partial charge in [-0.05, 0) is 37.8 Å². The molecule has 1 atom stereocenters. The van der Waals surface area contributed by atoms with Crippen molar-refractivity contribution in [2.24, 2.45) is 0 Å². The number of carbonyl (C=O) groups is 2. The number of morpholine rings is 1. The molecule has 31 heavy (non-hydrogen) atoms. The average molecular weight is 430 g/mol. The molecular formula is C21H27FN6O3. The number of anilines is 1. The number of halogens is 1. The van der Waals surface area contributed by atoms with E-state index in [-0.39, 0.29) is 23.7 Å². The van der Waals surface area contributed by atoms with Crippen LogP contribution in [0, 0.1) is 5.82 Å². The first kappa shape index (κ1) is 21.2. The van der Waals surface area contributed by atoms with Gasteiger partial charge in [-0.25, -0.2) is 9.18 Å². The minimum absolute atomic E-state index is 0.0168. The fourth-order valence-corrected chi connectivity index (χ4v) is 4.03. The maximum Gasteiger partial charge on any atom is 0.322 e. The summed E-state index contributed by atoms with van der Waals surface area (Å²) < 4.78 is 20.8. The number of hydrogen-bond acceptors (Lipinski definition) is 5. The lowest BCUT2D eigenvalue weighted by Crippen LogP contribution is -2.46. The molecule has 3 amide bonds. The zero-order chi connectivity index (χ0) is 21.6. The summed E-state index contributed by atoms with van der Waals surface area (Å²) in [5.74, 6) is -0.595. The van der Waals surface area contributed by atoms with E-state index in [2.05, 4.69) is 15.6 Å². The number of likely N-dealkylation sites (tertiary alicyclic amines) is 1. The molecule has 0 radical (unpaired) electrons. The topological polar surface area (TPSA) is 92.6 Å². The van der Waals surface area contributed by atoms with Crippen molar-refractivity contribution in [3.05, 3.63) is 42.0 Å². The zero-order valence-electron chi connectivity index (χ0n) is 17.4. The second-order valence-corrected chi connectivity index (χ2v) is 7.81. The van der Waals surface area contributed by atoms with Gasteiger partial charge >= 0.3 is 6.03 Å². The molecule has 4 rings (SSSR count). The van der Waals surface area contributed by atoms with Crippen LogP contribution in [0.1, 0.15) is 36.2 Å². The highest BCUT2D eigenvalue weighted by molar-refractivity contribution is 5.92. The fourth-order valence-electron chi connectivity index (χ4n) is 4.03. The van der Waals surface area contributed by atoms with E-state index in [0.717, 1.165) is 19.3 Å². The Bertz CT molecular complexity index is 914. The van der Waals surface area contributed by atoms with E-state index in [0.29, 0.717) is 51.5 Å². The predicted octanol–water partition coefficient (Wildman–Crippen LogP) is 2.37. The number of urea groups is 1. The Morgan fingerprint density at radius 3 is 2.77 bits per heavy atom. The van der Waals surface area contributed by atoms with Crippen molar-refractivity contribution in [1.29, 1.82) is 0 Å². The molecule has 9 nitrogen and oxygen atoms in total. The second-order valence-electron chi connectivity index (χ2n) is 7.81. The van der Waals surface area contributed by atoms with Crippen LogP contribution in [0.4, 0.5) is 14.9 Å². The molecule has 1 aromatic heterocycles. The van der Waals surface area contributed by atoms with Crippen molar-refractivity contribution in [2.75, 3.05) is 38.2 Å². The number of aryl methyl sites for hydroxylation is 1. The summed E-state index contributed by atoms with van der Waals surface area (Å²) in [5.41, 5.74) is 0.499. The number of amides is 3. The molecule has 2 aliphatic heterocycles. The molecule has 1 unspecified atom stereocenters. The standard InChI is InChI=1S/C21H27FN6O3/c22-17-6-1-2-7-18(17)23-21(30)28-9-4-3-5-16(28)8-10-27-15-19(24-25-27)20(29)26-11-13-31-14-12-26/h1-2,6-7,15-16H,3-5,8-14H2,(H,23,30). The number of benzene rings is 1. The Balaban J connectivity index is 1.34. The Morgan fingerprint density at radius 2 is 1.97 bits per heavy atom. The van der Waals surface area contributed by atoms with E-state index in [4.69, 9.17) is 4.74 Å². The van der Waals surface area contributed by atoms with E-state index < -0.39 is 5.82 Å². The predicted molar refractivity (Wildman–Crippen MR) is 111 cm³/mol. The van der Waals surface area contributed by atoms with Crippen LogP contribution in [-0.2, 0) is 11.3 Å². The van der Waals surface area contributed by atoms with E-state index >= 15 is 0 Å². The van der Waals surface area contributed by atoms with Crippen molar-refractivity contribution in [3.63, 3.8) is 0 Å². The molecule has 0 spiro atoms. The first-order chi connectivity index (χ1) is 15.1. The number of hydrogen-bond donors (Lipinski definition) is 1. The highest BCUT2D eigenvalue weighted by atomic mass is 19.1. The molecule has 1 aromatic carbocycles. The Labute approximate surface area is 180 Å². The monoisotopic (exact) mass is 430 g/mol. The van der Waals surface area contributed by atoms with Crippen LogP contribution < -0.4 is 5.32 Å². The number of aromatic nitrogens is 3. The van der Waals surface area contributed by atoms with E-state index in [9.17, 15) is 14.0 Å². The molecule has 10 heteroatoms. The lowest BCUT2D eigenvalue weighted by molar-refractivity contribution is 0.0299. The highest BCUT2D eigenvalue weighted by Crippen LogP contribution is 2.22. The first-order valence-electron chi connectivity index (χ1n) is 10.7. The Hall–Kier alpha value is -3.01. The largest absolute Gasteiger partial charge is 0.378 e. The van der Waals surface area contributed by atoms with Gasteiger partial charge in [-0.15, -0.1) is 5.10 Å². The molecule has 2 aromatic rings. The number of carbonyl (C=O) groups excluding carboxylic acids is 2. The van der Waals surface area contributed by atoms with E-state index in [1.54, 1.807) is 38.9 Å². The third kappa shape index (κ3) is 5.19. The normalized spacial score (nSPS) is 19.3. The van der Waals surface area contributed by atoms with Gasteiger partial charge in [0.25, 0.3) is 5.91 Å². The summed E-state index contributed by atoms with van der Waals surface area (Å²) >= 11 is 0. The molecule has 0 bridgehead atoms. The van der Waals surface area contributed by atoms with Crippen molar-refractivity contribution in [1.82, 2.24) is 24.8 Å². The van der Waals surface area contributed by atoms with Crippen molar-refractivity contribution in [3.8, 4) is 0 Å². The molecule has 166 valence electrons. The molecule has 0 saturated carbocycles. The van der Waals surface area contributed by atoms with Crippen LogP contribution >= 0.6 is 0 Å². The molecule has 2 saturated heterocycles. The van der Waals surface area contributed by atoms with Gasteiger partial charge < -0.3 is 19.9 Å². The minimum Gasteiger partial charge on any atom is -0.378 e. The van der Waals surface area contributed by atoms with Gasteiger partial charge in [0, 0.05) is 32.2 Å². The van der Waals surface area contributed by atoms with Gasteiger partial charge in [-0.1, -0.05) is 17.3 Å². The maximum absolute atomic E-state index is 13.9. The van der Waals surface area contributed by atoms with E-state index in [1.165, 1.54) is 6.07 Å². The van der Waals surface area contributed by atoms with Gasteiger partial charge in [-0.2, -0.15) is 0 Å². The smallest absolute Gasteiger partial charge is 0.322 e. The van der Waals surface area contributed by atoms with Crippen LogP contribution in [0.15, 0.2) is 30.5 Å². The quantitative estimate of drug-likeness (QED) is 0.786. The summed E-state index contributed by atoms with van der Waals surface area (Å²) in [6.45, 7) is 3.35. The molecule has 1 N–H and O–H groups in total. The van der Waals surface area contributed by atoms with Crippen molar-refractivity contribution < 1.29 is 18.7 Å². The van der Waals surface area contributed by atoms with Crippen LogP contribution in [0.3, 0.4) is 0 Å². The number of ether oxygens (including phenoxy) is 1. The minimum atomic E-state index is -0.454. The number of rotatable bonds is 5. The number of nitrogens with zero attached hydrogens (tertiary/aromatic N) is 5. The summed E-state index contributed by atoms with van der Waals surface area (Å²) in [4.78, 5) is 28.8. The van der Waals surface area contributed by atoms with Gasteiger partial charge in [-0.3, -0.25) is 9.48 Å². The van der Waals surface area contributed by atoms with Crippen molar-refractivity contribution >= 4 is 17.6 Å². The summed E-state index contributed by atoms with van der Waals surface area (Å²) in [7, 11) is 0. The number of para-hydroxylation sites is 1. The molecular weight excluding hydrogens is 403 g/mol. The Morgan fingerprint density at radius 1 is 1.16 bits per heavy atom. The maximum atomic E-state index is 13.9. The van der Waals surface area contributed by atoms with Crippen LogP contribution in [0.5, 0.6) is 0 Å². The summed E-state index contributed by atoms with van der Waals surface area (Å²) in [5, 5.41) is 10.8. The summed E-state index contributed by atoms with van der Waals surface area (Å²) in [6.07, 6.45) is 5.16. The lowest BCUT2D eigenvalue weighted by Gasteiger charge is -2.35. The van der Waals surface area contributed by atoms with Gasteiger partial charge in [0.2, 0.25) is 0 Å². The number of piperidine rings is 1. The molecule has 3 heterocycles. The molecule has 2 fully saturated rings. The van der Waals surface area contributed by atoms with Crippen LogP contribution in [-0.4, -0.2) is 75.6 Å². The summed E-state index contributed by atoms with van der Waals surface area (Å²) in [6, 6.07) is 5.87. The highest BCUT2D eigenvalue weighted by Gasteiger charge is 2.27. The van der Waals surface area contributed by atoms with Gasteiger partial charge in [0.1, 0.15) is 5.82 Å². The fraction of sp³-hybridized carbons (Fsp3) is 0.524. The zero-order valence-corrected chi connectivity index (χ0v) is 17.4. The van der Waals surface area contributed by atoms with Crippen molar-refractivity contribution in [2.45, 2.75) is 38.3 Å². The SMILES string of the molecule is O=C(c1cn(CCC2CCCCN2C(=O)Nc2ccccc2F)nn1)N1CCOCC1.